The van der Waals surface area contributed by atoms with Crippen molar-refractivity contribution in [1.82, 2.24) is 19.7 Å². The number of benzene rings is 1. The summed E-state index contributed by atoms with van der Waals surface area (Å²) in [6.07, 6.45) is 3.57. The smallest absolute Gasteiger partial charge is 0.225 e. The van der Waals surface area contributed by atoms with Gasteiger partial charge in [-0.2, -0.15) is 4.68 Å². The van der Waals surface area contributed by atoms with Gasteiger partial charge in [0.1, 0.15) is 5.75 Å². The Balaban J connectivity index is 1.35. The number of methoxy groups -OCH3 is 1. The summed E-state index contributed by atoms with van der Waals surface area (Å²) in [6.45, 7) is 4.61. The molecule has 28 heavy (non-hydrogen) atoms. The summed E-state index contributed by atoms with van der Waals surface area (Å²) >= 11 is 7.00. The summed E-state index contributed by atoms with van der Waals surface area (Å²) in [5.74, 6) is 1.63. The van der Waals surface area contributed by atoms with Crippen LogP contribution >= 0.6 is 23.6 Å². The molecule has 8 nitrogen and oxygen atoms in total. The Morgan fingerprint density at radius 3 is 2.57 bits per heavy atom. The van der Waals surface area contributed by atoms with E-state index in [1.807, 2.05) is 35.0 Å². The Hall–Kier alpha value is -2.56. The van der Waals surface area contributed by atoms with Crippen LogP contribution < -0.4 is 19.9 Å². The molecule has 2 N–H and O–H groups in total. The molecule has 0 atom stereocenters. The molecular weight excluding hydrogens is 394 g/mol. The van der Waals surface area contributed by atoms with E-state index in [-0.39, 0.29) is 0 Å². The van der Waals surface area contributed by atoms with Gasteiger partial charge in [-0.25, -0.2) is 9.97 Å². The number of hydrogen-bond acceptors (Lipinski definition) is 8. The summed E-state index contributed by atoms with van der Waals surface area (Å²) in [6, 6.07) is 9.59. The third kappa shape index (κ3) is 4.46. The van der Waals surface area contributed by atoms with Crippen LogP contribution in [0, 0.1) is 3.95 Å². The van der Waals surface area contributed by atoms with Gasteiger partial charge < -0.3 is 19.9 Å². The first-order chi connectivity index (χ1) is 13.7. The third-order valence-corrected chi connectivity index (χ3v) is 5.85. The molecule has 0 spiro atoms. The Labute approximate surface area is 172 Å². The molecule has 10 heteroatoms. The molecule has 1 aliphatic rings. The van der Waals surface area contributed by atoms with Gasteiger partial charge in [-0.1, -0.05) is 11.3 Å². The highest BCUT2D eigenvalue weighted by Crippen LogP contribution is 2.22. The van der Waals surface area contributed by atoms with Crippen LogP contribution in [0.5, 0.6) is 5.75 Å². The van der Waals surface area contributed by atoms with Crippen LogP contribution in [0.4, 0.5) is 16.8 Å². The monoisotopic (exact) mass is 416 g/mol. The minimum atomic E-state index is 0.767. The van der Waals surface area contributed by atoms with Crippen LogP contribution in [-0.2, 0) is 6.67 Å². The minimum Gasteiger partial charge on any atom is -0.497 e. The lowest BCUT2D eigenvalue weighted by Crippen LogP contribution is -3.14. The van der Waals surface area contributed by atoms with E-state index in [0.29, 0.717) is 0 Å². The summed E-state index contributed by atoms with van der Waals surface area (Å²) in [5, 5.41) is 8.76. The zero-order valence-corrected chi connectivity index (χ0v) is 17.2. The van der Waals surface area contributed by atoms with Crippen LogP contribution in [0.2, 0.25) is 0 Å². The van der Waals surface area contributed by atoms with Gasteiger partial charge in [0.25, 0.3) is 0 Å². The molecule has 0 unspecified atom stereocenters. The van der Waals surface area contributed by atoms with Crippen molar-refractivity contribution >= 4 is 40.3 Å². The van der Waals surface area contributed by atoms with Gasteiger partial charge in [-0.15, -0.1) is 5.10 Å². The van der Waals surface area contributed by atoms with E-state index in [1.165, 1.54) is 16.2 Å². The fraction of sp³-hybridized carbons (Fsp3) is 0.333. The van der Waals surface area contributed by atoms with Crippen LogP contribution in [0.1, 0.15) is 0 Å². The maximum absolute atomic E-state index is 5.51. The average Bonchev–Trinajstić information content (AvgIpc) is 3.08. The number of quaternary nitrogens is 1. The normalized spacial score (nSPS) is 14.8. The molecule has 2 aromatic heterocycles. The zero-order valence-electron chi connectivity index (χ0n) is 15.5. The van der Waals surface area contributed by atoms with Crippen LogP contribution in [0.15, 0.2) is 42.7 Å². The van der Waals surface area contributed by atoms with Gasteiger partial charge in [0.05, 0.1) is 33.3 Å². The van der Waals surface area contributed by atoms with E-state index >= 15 is 0 Å². The first kappa shape index (κ1) is 18.8. The van der Waals surface area contributed by atoms with E-state index in [1.54, 1.807) is 19.5 Å². The van der Waals surface area contributed by atoms with E-state index in [9.17, 15) is 0 Å². The minimum absolute atomic E-state index is 0.767. The Morgan fingerprint density at radius 1 is 1.18 bits per heavy atom. The highest BCUT2D eigenvalue weighted by Gasteiger charge is 2.22. The molecule has 3 aromatic rings. The number of aromatic nitrogens is 4. The maximum Gasteiger partial charge on any atom is 0.225 e. The van der Waals surface area contributed by atoms with Crippen molar-refractivity contribution in [1.29, 1.82) is 0 Å². The van der Waals surface area contributed by atoms with Crippen molar-refractivity contribution in [2.75, 3.05) is 43.5 Å². The summed E-state index contributed by atoms with van der Waals surface area (Å²) in [7, 11) is 1.66. The SMILES string of the molecule is COc1ccc(Nc2nn(C[NH+]3CCN(c4ncccn4)CC3)c(=S)s2)cc1. The average molecular weight is 417 g/mol. The topological polar surface area (TPSA) is 72.5 Å². The second kappa shape index (κ2) is 8.63. The molecule has 0 amide bonds. The quantitative estimate of drug-likeness (QED) is 0.591. The number of nitrogens with zero attached hydrogens (tertiary/aromatic N) is 5. The molecule has 1 aromatic carbocycles. The number of rotatable bonds is 6. The summed E-state index contributed by atoms with van der Waals surface area (Å²) in [5.41, 5.74) is 0.959. The van der Waals surface area contributed by atoms with Crippen molar-refractivity contribution in [3.05, 3.63) is 46.7 Å². The lowest BCUT2D eigenvalue weighted by Gasteiger charge is -2.31. The summed E-state index contributed by atoms with van der Waals surface area (Å²) < 4.78 is 7.88. The number of ether oxygens (including phenoxy) is 1. The van der Waals surface area contributed by atoms with E-state index < -0.39 is 0 Å². The first-order valence-electron chi connectivity index (χ1n) is 9.06. The highest BCUT2D eigenvalue weighted by molar-refractivity contribution is 7.73. The van der Waals surface area contributed by atoms with Crippen LogP contribution in [0.3, 0.4) is 0 Å². The van der Waals surface area contributed by atoms with Crippen molar-refractivity contribution < 1.29 is 9.64 Å². The number of anilines is 3. The molecule has 3 heterocycles. The molecule has 0 bridgehead atoms. The fourth-order valence-corrected chi connectivity index (χ4v) is 4.13. The van der Waals surface area contributed by atoms with Crippen molar-refractivity contribution in [3.63, 3.8) is 0 Å². The molecular formula is C18H22N7OS2+. The highest BCUT2D eigenvalue weighted by atomic mass is 32.1. The molecule has 4 rings (SSSR count). The van der Waals surface area contributed by atoms with E-state index in [2.05, 4.69) is 25.3 Å². The fourth-order valence-electron chi connectivity index (χ4n) is 3.10. The van der Waals surface area contributed by atoms with Crippen molar-refractivity contribution in [2.24, 2.45) is 0 Å². The molecule has 0 radical (unpaired) electrons. The van der Waals surface area contributed by atoms with Gasteiger partial charge in [0.15, 0.2) is 10.6 Å². The lowest BCUT2D eigenvalue weighted by atomic mass is 10.3. The predicted octanol–water partition coefficient (Wildman–Crippen LogP) is 1.58. The van der Waals surface area contributed by atoms with Gasteiger partial charge >= 0.3 is 0 Å². The van der Waals surface area contributed by atoms with Crippen LogP contribution in [-0.4, -0.2) is 53.0 Å². The largest absolute Gasteiger partial charge is 0.497 e. The molecule has 1 saturated heterocycles. The molecule has 0 saturated carbocycles. The molecule has 146 valence electrons. The second-order valence-corrected chi connectivity index (χ2v) is 8.09. The predicted molar refractivity (Wildman–Crippen MR) is 112 cm³/mol. The van der Waals surface area contributed by atoms with Crippen LogP contribution in [0.25, 0.3) is 0 Å². The standard InChI is InChI=1S/C18H21N7OS2/c1-26-15-5-3-14(4-6-15)21-17-22-25(18(27)28-17)13-23-9-11-24(12-10-23)16-19-7-2-8-20-16/h2-8H,9-13H2,1H3,(H,21,22)/p+1. The lowest BCUT2D eigenvalue weighted by molar-refractivity contribution is -0.924. The Kier molecular flexibility index (Phi) is 5.79. The third-order valence-electron chi connectivity index (χ3n) is 4.63. The van der Waals surface area contributed by atoms with Gasteiger partial charge in [0.2, 0.25) is 11.1 Å². The molecule has 0 aliphatic carbocycles. The van der Waals surface area contributed by atoms with E-state index in [4.69, 9.17) is 17.0 Å². The Bertz CT molecular complexity index is 950. The number of piperazine rings is 1. The van der Waals surface area contributed by atoms with Gasteiger partial charge in [-0.3, -0.25) is 0 Å². The Morgan fingerprint density at radius 2 is 1.89 bits per heavy atom. The maximum atomic E-state index is 5.51. The molecule has 1 aliphatic heterocycles. The number of hydrogen-bond donors (Lipinski definition) is 2. The number of nitrogens with one attached hydrogen (secondary N) is 2. The van der Waals surface area contributed by atoms with Gasteiger partial charge in [-0.05, 0) is 42.5 Å². The second-order valence-electron chi connectivity index (χ2n) is 6.47. The summed E-state index contributed by atoms with van der Waals surface area (Å²) in [4.78, 5) is 12.3. The molecule has 1 fully saturated rings. The zero-order chi connectivity index (χ0) is 19.3. The van der Waals surface area contributed by atoms with Gasteiger partial charge in [0, 0.05) is 18.1 Å². The first-order valence-corrected chi connectivity index (χ1v) is 10.3. The van der Waals surface area contributed by atoms with Crippen molar-refractivity contribution in [2.45, 2.75) is 6.67 Å². The van der Waals surface area contributed by atoms with Crippen molar-refractivity contribution in [3.8, 4) is 5.75 Å². The van der Waals surface area contributed by atoms with E-state index in [0.717, 1.165) is 59.3 Å².